The molecule has 0 bridgehead atoms. The lowest BCUT2D eigenvalue weighted by Gasteiger charge is -2.21. The summed E-state index contributed by atoms with van der Waals surface area (Å²) < 4.78 is 29.0. The lowest BCUT2D eigenvalue weighted by molar-refractivity contribution is 0.0696. The molecule has 0 spiro atoms. The summed E-state index contributed by atoms with van der Waals surface area (Å²) in [6.07, 6.45) is 6.63. The third-order valence-electron chi connectivity index (χ3n) is 6.14. The SMILES string of the molecule is O=C(O)c1c(NS(=O)(=O)c2ccccc2NCC[C@@H]2CCCN2)ccc2c1CCCC2. The molecule has 1 atom stereocenters. The molecule has 2 aromatic rings. The molecule has 0 saturated carbocycles. The maximum absolute atomic E-state index is 13.2. The van der Waals surface area contributed by atoms with Crippen molar-refractivity contribution in [1.82, 2.24) is 5.32 Å². The van der Waals surface area contributed by atoms with E-state index >= 15 is 0 Å². The number of para-hydroxylation sites is 1. The molecule has 4 rings (SSSR count). The number of aryl methyl sites for hydroxylation is 1. The van der Waals surface area contributed by atoms with Crippen molar-refractivity contribution >= 4 is 27.4 Å². The maximum atomic E-state index is 13.2. The number of sulfonamides is 1. The van der Waals surface area contributed by atoms with Gasteiger partial charge in [-0.05, 0) is 80.8 Å². The van der Waals surface area contributed by atoms with Crippen molar-refractivity contribution in [1.29, 1.82) is 0 Å². The number of fused-ring (bicyclic) bond motifs is 1. The van der Waals surface area contributed by atoms with Crippen LogP contribution in [0.3, 0.4) is 0 Å². The standard InChI is InChI=1S/C23H29N3O4S/c27-23(28)22-18-8-2-1-6-16(18)11-12-20(22)26-31(29,30)21-10-4-3-9-19(21)25-15-13-17-7-5-14-24-17/h3-4,9-12,17,24-26H,1-2,5-8,13-15H2,(H,27,28)/t17-/m0/s1. The van der Waals surface area contributed by atoms with Gasteiger partial charge in [0.2, 0.25) is 0 Å². The van der Waals surface area contributed by atoms with Crippen molar-refractivity contribution in [2.75, 3.05) is 23.1 Å². The molecule has 31 heavy (non-hydrogen) atoms. The van der Waals surface area contributed by atoms with Gasteiger partial charge in [0.1, 0.15) is 4.90 Å². The number of carboxylic acid groups (broad SMARTS) is 1. The van der Waals surface area contributed by atoms with Gasteiger partial charge in [0.25, 0.3) is 10.0 Å². The Hall–Kier alpha value is -2.58. The van der Waals surface area contributed by atoms with Gasteiger partial charge < -0.3 is 15.7 Å². The van der Waals surface area contributed by atoms with Crippen LogP contribution in [0.15, 0.2) is 41.3 Å². The van der Waals surface area contributed by atoms with Crippen LogP contribution in [-0.4, -0.2) is 38.6 Å². The molecule has 1 aliphatic heterocycles. The number of hydrogen-bond donors (Lipinski definition) is 4. The minimum absolute atomic E-state index is 0.0681. The van der Waals surface area contributed by atoms with E-state index in [0.717, 1.165) is 49.8 Å². The fraction of sp³-hybridized carbons (Fsp3) is 0.435. The maximum Gasteiger partial charge on any atom is 0.338 e. The van der Waals surface area contributed by atoms with Crippen LogP contribution >= 0.6 is 0 Å². The molecular weight excluding hydrogens is 414 g/mol. The summed E-state index contributed by atoms with van der Waals surface area (Å²) in [6, 6.07) is 10.6. The Morgan fingerprint density at radius 1 is 1.06 bits per heavy atom. The number of nitrogens with one attached hydrogen (secondary N) is 3. The Labute approximate surface area is 183 Å². The van der Waals surface area contributed by atoms with Crippen LogP contribution in [0.4, 0.5) is 11.4 Å². The van der Waals surface area contributed by atoms with Crippen LogP contribution in [0.5, 0.6) is 0 Å². The molecule has 0 amide bonds. The fourth-order valence-electron chi connectivity index (χ4n) is 4.59. The highest BCUT2D eigenvalue weighted by Gasteiger charge is 2.25. The Balaban J connectivity index is 1.58. The zero-order valence-electron chi connectivity index (χ0n) is 17.5. The summed E-state index contributed by atoms with van der Waals surface area (Å²) in [4.78, 5) is 12.1. The molecule has 7 nitrogen and oxygen atoms in total. The number of rotatable bonds is 8. The van der Waals surface area contributed by atoms with Crippen molar-refractivity contribution in [3.8, 4) is 0 Å². The quantitative estimate of drug-likeness (QED) is 0.496. The minimum atomic E-state index is -3.97. The van der Waals surface area contributed by atoms with E-state index in [2.05, 4.69) is 15.4 Å². The van der Waals surface area contributed by atoms with E-state index in [-0.39, 0.29) is 16.1 Å². The van der Waals surface area contributed by atoms with Crippen LogP contribution in [0.1, 0.15) is 53.6 Å². The summed E-state index contributed by atoms with van der Waals surface area (Å²) in [5, 5.41) is 16.5. The van der Waals surface area contributed by atoms with Crippen molar-refractivity contribution in [3.63, 3.8) is 0 Å². The molecule has 166 valence electrons. The first-order valence-corrected chi connectivity index (χ1v) is 12.4. The minimum Gasteiger partial charge on any atom is -0.478 e. The predicted molar refractivity (Wildman–Crippen MR) is 121 cm³/mol. The second-order valence-corrected chi connectivity index (χ2v) is 9.90. The molecule has 1 heterocycles. The average molecular weight is 444 g/mol. The first kappa shape index (κ1) is 21.6. The van der Waals surface area contributed by atoms with E-state index < -0.39 is 16.0 Å². The van der Waals surface area contributed by atoms with Gasteiger partial charge in [0, 0.05) is 12.6 Å². The summed E-state index contributed by atoms with van der Waals surface area (Å²) >= 11 is 0. The van der Waals surface area contributed by atoms with Crippen LogP contribution in [-0.2, 0) is 22.9 Å². The molecule has 4 N–H and O–H groups in total. The van der Waals surface area contributed by atoms with Crippen molar-refractivity contribution < 1.29 is 18.3 Å². The van der Waals surface area contributed by atoms with Gasteiger partial charge in [-0.15, -0.1) is 0 Å². The van der Waals surface area contributed by atoms with E-state index in [9.17, 15) is 18.3 Å². The van der Waals surface area contributed by atoms with Crippen LogP contribution < -0.4 is 15.4 Å². The monoisotopic (exact) mass is 443 g/mol. The van der Waals surface area contributed by atoms with E-state index in [0.29, 0.717) is 24.7 Å². The number of carbonyl (C=O) groups is 1. The van der Waals surface area contributed by atoms with Crippen LogP contribution in [0.25, 0.3) is 0 Å². The Bertz CT molecular complexity index is 1060. The van der Waals surface area contributed by atoms with Gasteiger partial charge in [0.05, 0.1) is 16.9 Å². The van der Waals surface area contributed by atoms with Gasteiger partial charge >= 0.3 is 5.97 Å². The van der Waals surface area contributed by atoms with E-state index in [1.807, 2.05) is 6.07 Å². The highest BCUT2D eigenvalue weighted by molar-refractivity contribution is 7.92. The lowest BCUT2D eigenvalue weighted by atomic mass is 9.87. The summed E-state index contributed by atoms with van der Waals surface area (Å²) in [6.45, 7) is 1.69. The first-order chi connectivity index (χ1) is 15.0. The lowest BCUT2D eigenvalue weighted by Crippen LogP contribution is -2.24. The third-order valence-corrected chi connectivity index (χ3v) is 7.56. The number of carboxylic acids is 1. The molecular formula is C23H29N3O4S. The molecule has 1 saturated heterocycles. The fourth-order valence-corrected chi connectivity index (χ4v) is 5.85. The average Bonchev–Trinajstić information content (AvgIpc) is 3.27. The smallest absolute Gasteiger partial charge is 0.338 e. The normalized spacial score (nSPS) is 18.4. The summed E-state index contributed by atoms with van der Waals surface area (Å²) in [5.41, 5.74) is 2.45. The van der Waals surface area contributed by atoms with Gasteiger partial charge in [-0.25, -0.2) is 13.2 Å². The number of aromatic carboxylic acids is 1. The summed E-state index contributed by atoms with van der Waals surface area (Å²) in [7, 11) is -3.97. The van der Waals surface area contributed by atoms with Gasteiger partial charge in [0.15, 0.2) is 0 Å². The van der Waals surface area contributed by atoms with Gasteiger partial charge in [-0.2, -0.15) is 0 Å². The summed E-state index contributed by atoms with van der Waals surface area (Å²) in [5.74, 6) is -1.10. The molecule has 1 fully saturated rings. The van der Waals surface area contributed by atoms with Crippen molar-refractivity contribution in [2.45, 2.75) is 55.9 Å². The first-order valence-electron chi connectivity index (χ1n) is 10.9. The Morgan fingerprint density at radius 3 is 2.65 bits per heavy atom. The van der Waals surface area contributed by atoms with Crippen LogP contribution in [0.2, 0.25) is 0 Å². The second kappa shape index (κ2) is 9.28. The topological polar surface area (TPSA) is 108 Å². The largest absolute Gasteiger partial charge is 0.478 e. The zero-order chi connectivity index (χ0) is 21.8. The predicted octanol–water partition coefficient (Wildman–Crippen LogP) is 3.62. The van der Waals surface area contributed by atoms with Crippen LogP contribution in [0, 0.1) is 0 Å². The Kier molecular flexibility index (Phi) is 6.48. The number of anilines is 2. The second-order valence-electron chi connectivity index (χ2n) is 8.25. The zero-order valence-corrected chi connectivity index (χ0v) is 18.3. The highest BCUT2D eigenvalue weighted by atomic mass is 32.2. The van der Waals surface area contributed by atoms with E-state index in [4.69, 9.17) is 0 Å². The van der Waals surface area contributed by atoms with E-state index in [1.54, 1.807) is 24.3 Å². The van der Waals surface area contributed by atoms with E-state index in [1.165, 1.54) is 12.5 Å². The number of hydrogen-bond acceptors (Lipinski definition) is 5. The molecule has 2 aromatic carbocycles. The molecule has 0 aromatic heterocycles. The highest BCUT2D eigenvalue weighted by Crippen LogP contribution is 2.32. The molecule has 0 radical (unpaired) electrons. The van der Waals surface area contributed by atoms with Gasteiger partial charge in [-0.1, -0.05) is 18.2 Å². The molecule has 8 heteroatoms. The third kappa shape index (κ3) is 4.85. The number of benzene rings is 2. The Morgan fingerprint density at radius 2 is 1.87 bits per heavy atom. The molecule has 0 unspecified atom stereocenters. The molecule has 1 aliphatic carbocycles. The van der Waals surface area contributed by atoms with Crippen molar-refractivity contribution in [3.05, 3.63) is 53.1 Å². The molecule has 2 aliphatic rings. The van der Waals surface area contributed by atoms with Crippen molar-refractivity contribution in [2.24, 2.45) is 0 Å². The van der Waals surface area contributed by atoms with Gasteiger partial charge in [-0.3, -0.25) is 4.72 Å².